The molecule has 0 saturated heterocycles. The van der Waals surface area contributed by atoms with Crippen molar-refractivity contribution < 1.29 is 13.5 Å². The third-order valence-corrected chi connectivity index (χ3v) is 2.70. The summed E-state index contributed by atoms with van der Waals surface area (Å²) < 4.78 is 32.0. The van der Waals surface area contributed by atoms with E-state index in [0.717, 1.165) is 11.3 Å². The molecule has 5 heteroatoms. The molecular weight excluding hydrogens is 274 g/mol. The second kappa shape index (κ2) is 5.76. The number of aromatic nitrogens is 2. The van der Waals surface area contributed by atoms with Gasteiger partial charge in [-0.3, -0.25) is 4.98 Å². The van der Waals surface area contributed by atoms with Gasteiger partial charge in [0.25, 0.3) is 6.43 Å². The van der Waals surface area contributed by atoms with Gasteiger partial charge in [-0.15, -0.1) is 0 Å². The van der Waals surface area contributed by atoms with Crippen LogP contribution in [0.4, 0.5) is 8.78 Å². The minimum absolute atomic E-state index is 0.118. The zero-order valence-corrected chi connectivity index (χ0v) is 12.5. The summed E-state index contributed by atoms with van der Waals surface area (Å²) in [5, 5.41) is 0. The first-order valence-corrected chi connectivity index (χ1v) is 6.67. The normalized spacial score (nSPS) is 11.8. The Labute approximate surface area is 123 Å². The number of rotatable bonds is 3. The molecule has 0 amide bonds. The van der Waals surface area contributed by atoms with Crippen molar-refractivity contribution in [3.05, 3.63) is 41.9 Å². The van der Waals surface area contributed by atoms with Crippen LogP contribution in [0.2, 0.25) is 0 Å². The van der Waals surface area contributed by atoms with Crippen LogP contribution in [0.3, 0.4) is 0 Å². The van der Waals surface area contributed by atoms with Gasteiger partial charge in [0.1, 0.15) is 17.0 Å². The second-order valence-electron chi connectivity index (χ2n) is 5.78. The maximum Gasteiger partial charge on any atom is 0.284 e. The highest BCUT2D eigenvalue weighted by Crippen LogP contribution is 2.32. The lowest BCUT2D eigenvalue weighted by molar-refractivity contribution is 0.106. The van der Waals surface area contributed by atoms with Crippen LogP contribution in [0, 0.1) is 6.92 Å². The minimum atomic E-state index is -2.69. The van der Waals surface area contributed by atoms with Crippen molar-refractivity contribution in [1.82, 2.24) is 9.97 Å². The molecule has 0 bridgehead atoms. The van der Waals surface area contributed by atoms with E-state index in [9.17, 15) is 8.78 Å². The van der Waals surface area contributed by atoms with Gasteiger partial charge in [0, 0.05) is 17.5 Å². The van der Waals surface area contributed by atoms with E-state index in [1.807, 2.05) is 33.8 Å². The molecule has 0 aliphatic heterocycles. The molecular formula is C16H18F2N2O. The standard InChI is InChI=1S/C16H18F2N2O/c1-10-9-11(7-8-19-10)12-5-6-13(21-16(2,3)4)14(20-12)15(17)18/h5-9,15H,1-4H3. The van der Waals surface area contributed by atoms with Crippen LogP contribution < -0.4 is 4.74 Å². The Morgan fingerprint density at radius 3 is 2.43 bits per heavy atom. The van der Waals surface area contributed by atoms with Crippen molar-refractivity contribution in [3.63, 3.8) is 0 Å². The van der Waals surface area contributed by atoms with Crippen LogP contribution in [-0.2, 0) is 0 Å². The van der Waals surface area contributed by atoms with Gasteiger partial charge in [0.05, 0.1) is 5.69 Å². The average molecular weight is 292 g/mol. The van der Waals surface area contributed by atoms with Gasteiger partial charge in [-0.2, -0.15) is 0 Å². The number of hydrogen-bond donors (Lipinski definition) is 0. The molecule has 2 heterocycles. The molecule has 112 valence electrons. The summed E-state index contributed by atoms with van der Waals surface area (Å²) in [4.78, 5) is 8.15. The van der Waals surface area contributed by atoms with Gasteiger partial charge in [-0.25, -0.2) is 13.8 Å². The number of ether oxygens (including phenoxy) is 1. The van der Waals surface area contributed by atoms with Crippen molar-refractivity contribution in [1.29, 1.82) is 0 Å². The van der Waals surface area contributed by atoms with Crippen LogP contribution in [0.15, 0.2) is 30.5 Å². The molecule has 0 aliphatic rings. The topological polar surface area (TPSA) is 35.0 Å². The summed E-state index contributed by atoms with van der Waals surface area (Å²) in [5.74, 6) is 0.118. The maximum absolute atomic E-state index is 13.2. The third-order valence-electron chi connectivity index (χ3n) is 2.70. The number of halogens is 2. The number of nitrogens with zero attached hydrogens (tertiary/aromatic N) is 2. The van der Waals surface area contributed by atoms with E-state index >= 15 is 0 Å². The van der Waals surface area contributed by atoms with Crippen molar-refractivity contribution in [2.45, 2.75) is 39.7 Å². The fourth-order valence-electron chi connectivity index (χ4n) is 1.90. The van der Waals surface area contributed by atoms with Crippen molar-refractivity contribution in [3.8, 4) is 17.0 Å². The lowest BCUT2D eigenvalue weighted by Gasteiger charge is -2.23. The summed E-state index contributed by atoms with van der Waals surface area (Å²) in [6, 6.07) is 6.78. The first-order chi connectivity index (χ1) is 9.76. The maximum atomic E-state index is 13.2. The van der Waals surface area contributed by atoms with Crippen LogP contribution in [0.5, 0.6) is 5.75 Å². The highest BCUT2D eigenvalue weighted by molar-refractivity contribution is 5.60. The van der Waals surface area contributed by atoms with Gasteiger partial charge in [0.2, 0.25) is 0 Å². The quantitative estimate of drug-likeness (QED) is 0.831. The predicted octanol–water partition coefficient (Wildman–Crippen LogP) is 4.57. The molecule has 2 rings (SSSR count). The summed E-state index contributed by atoms with van der Waals surface area (Å²) in [6.07, 6.45) is -1.06. The van der Waals surface area contributed by atoms with E-state index in [-0.39, 0.29) is 11.4 Å². The molecule has 21 heavy (non-hydrogen) atoms. The molecule has 0 saturated carbocycles. The Hall–Kier alpha value is -2.04. The van der Waals surface area contributed by atoms with Crippen molar-refractivity contribution in [2.75, 3.05) is 0 Å². The highest BCUT2D eigenvalue weighted by atomic mass is 19.3. The number of alkyl halides is 2. The third kappa shape index (κ3) is 3.97. The Morgan fingerprint density at radius 1 is 1.14 bits per heavy atom. The number of aryl methyl sites for hydroxylation is 1. The van der Waals surface area contributed by atoms with Gasteiger partial charge < -0.3 is 4.74 Å². The molecule has 2 aromatic heterocycles. The second-order valence-corrected chi connectivity index (χ2v) is 5.78. The van der Waals surface area contributed by atoms with E-state index in [1.54, 1.807) is 24.4 Å². The number of pyridine rings is 2. The Kier molecular flexibility index (Phi) is 4.21. The lowest BCUT2D eigenvalue weighted by atomic mass is 10.1. The molecule has 0 N–H and O–H groups in total. The van der Waals surface area contributed by atoms with Gasteiger partial charge in [-0.1, -0.05) is 0 Å². The Bertz CT molecular complexity index is 636. The molecule has 3 nitrogen and oxygen atoms in total. The molecule has 0 radical (unpaired) electrons. The Balaban J connectivity index is 2.45. The van der Waals surface area contributed by atoms with Crippen LogP contribution in [0.25, 0.3) is 11.3 Å². The van der Waals surface area contributed by atoms with Crippen LogP contribution in [-0.4, -0.2) is 15.6 Å². The molecule has 0 aromatic carbocycles. The van der Waals surface area contributed by atoms with Crippen LogP contribution in [0.1, 0.15) is 38.6 Å². The number of hydrogen-bond acceptors (Lipinski definition) is 3. The van der Waals surface area contributed by atoms with E-state index in [4.69, 9.17) is 4.74 Å². The molecule has 0 aliphatic carbocycles. The summed E-state index contributed by atoms with van der Waals surface area (Å²) >= 11 is 0. The van der Waals surface area contributed by atoms with E-state index in [2.05, 4.69) is 9.97 Å². The largest absolute Gasteiger partial charge is 0.486 e. The smallest absolute Gasteiger partial charge is 0.284 e. The van der Waals surface area contributed by atoms with Crippen molar-refractivity contribution in [2.24, 2.45) is 0 Å². The van der Waals surface area contributed by atoms with Crippen LogP contribution >= 0.6 is 0 Å². The lowest BCUT2D eigenvalue weighted by Crippen LogP contribution is -2.24. The summed E-state index contributed by atoms with van der Waals surface area (Å²) in [7, 11) is 0. The zero-order chi connectivity index (χ0) is 15.6. The van der Waals surface area contributed by atoms with Gasteiger partial charge >= 0.3 is 0 Å². The molecule has 0 spiro atoms. The Morgan fingerprint density at radius 2 is 1.86 bits per heavy atom. The first kappa shape index (κ1) is 15.4. The fourth-order valence-corrected chi connectivity index (χ4v) is 1.90. The molecule has 0 unspecified atom stereocenters. The zero-order valence-electron chi connectivity index (χ0n) is 12.5. The molecule has 0 fully saturated rings. The van der Waals surface area contributed by atoms with E-state index in [1.165, 1.54) is 0 Å². The minimum Gasteiger partial charge on any atom is -0.486 e. The monoisotopic (exact) mass is 292 g/mol. The van der Waals surface area contributed by atoms with E-state index < -0.39 is 12.0 Å². The van der Waals surface area contributed by atoms with E-state index in [0.29, 0.717) is 5.69 Å². The summed E-state index contributed by atoms with van der Waals surface area (Å²) in [5.41, 5.74) is 1.16. The first-order valence-electron chi connectivity index (χ1n) is 6.67. The van der Waals surface area contributed by atoms with Gasteiger partial charge in [0.15, 0.2) is 0 Å². The predicted molar refractivity (Wildman–Crippen MR) is 77.5 cm³/mol. The van der Waals surface area contributed by atoms with Crippen molar-refractivity contribution >= 4 is 0 Å². The average Bonchev–Trinajstić information content (AvgIpc) is 2.37. The summed E-state index contributed by atoms with van der Waals surface area (Å²) in [6.45, 7) is 7.27. The SMILES string of the molecule is Cc1cc(-c2ccc(OC(C)(C)C)c(C(F)F)n2)ccn1. The highest BCUT2D eigenvalue weighted by Gasteiger charge is 2.21. The fraction of sp³-hybridized carbons (Fsp3) is 0.375. The molecule has 0 atom stereocenters. The van der Waals surface area contributed by atoms with Gasteiger partial charge in [-0.05, 0) is 52.0 Å². The molecule has 2 aromatic rings.